The topological polar surface area (TPSA) is 52.6 Å². The van der Waals surface area contributed by atoms with Crippen LogP contribution in [0.25, 0.3) is 0 Å². The van der Waals surface area contributed by atoms with E-state index in [0.717, 1.165) is 24.2 Å². The second-order valence-electron chi connectivity index (χ2n) is 7.68. The molecule has 1 aliphatic rings. The fourth-order valence-corrected chi connectivity index (χ4v) is 4.49. The number of carbonyl (C=O) groups excluding carboxylic acids is 2. The third-order valence-electron chi connectivity index (χ3n) is 5.15. The summed E-state index contributed by atoms with van der Waals surface area (Å²) in [4.78, 5) is 29.7. The maximum absolute atomic E-state index is 13.1. The van der Waals surface area contributed by atoms with E-state index >= 15 is 0 Å². The minimum Gasteiger partial charge on any atom is -0.321 e. The third-order valence-corrected chi connectivity index (χ3v) is 6.02. The van der Waals surface area contributed by atoms with Crippen molar-refractivity contribution in [3.8, 4) is 0 Å². The number of aryl methyl sites for hydroxylation is 2. The van der Waals surface area contributed by atoms with Gasteiger partial charge in [0.15, 0.2) is 0 Å². The van der Waals surface area contributed by atoms with Gasteiger partial charge in [-0.15, -0.1) is 11.3 Å². The summed E-state index contributed by atoms with van der Waals surface area (Å²) in [6, 6.07) is 17.6. The van der Waals surface area contributed by atoms with E-state index in [1.165, 1.54) is 22.5 Å². The Morgan fingerprint density at radius 2 is 1.77 bits per heavy atom. The Balaban J connectivity index is 1.44. The van der Waals surface area contributed by atoms with E-state index in [1.54, 1.807) is 6.07 Å². The van der Waals surface area contributed by atoms with Gasteiger partial charge in [0, 0.05) is 31.0 Å². The molecule has 1 N–H and O–H groups in total. The number of anilines is 2. The molecule has 1 fully saturated rings. The fourth-order valence-electron chi connectivity index (χ4n) is 3.87. The Hall–Kier alpha value is -3.12. The molecule has 1 aliphatic heterocycles. The molecule has 0 spiro atoms. The molecule has 154 valence electrons. The SMILES string of the molecule is Cc1cc(C)cc(CN2CCCN(c3ccc(NC(=O)c4cccs4)cc3)C2=O)c1. The highest BCUT2D eigenvalue weighted by Gasteiger charge is 2.26. The average Bonchev–Trinajstić information content (AvgIpc) is 3.25. The smallest absolute Gasteiger partial charge is 0.321 e. The van der Waals surface area contributed by atoms with Crippen molar-refractivity contribution in [1.29, 1.82) is 0 Å². The monoisotopic (exact) mass is 419 g/mol. The molecule has 4 rings (SSSR count). The largest absolute Gasteiger partial charge is 0.324 e. The van der Waals surface area contributed by atoms with Gasteiger partial charge in [-0.1, -0.05) is 35.4 Å². The second-order valence-corrected chi connectivity index (χ2v) is 8.63. The first-order chi connectivity index (χ1) is 14.5. The molecule has 0 saturated carbocycles. The Morgan fingerprint density at radius 1 is 1.03 bits per heavy atom. The van der Waals surface area contributed by atoms with Gasteiger partial charge < -0.3 is 10.2 Å². The molecule has 0 aliphatic carbocycles. The number of thiophene rings is 1. The van der Waals surface area contributed by atoms with Crippen LogP contribution < -0.4 is 10.2 Å². The molecule has 3 aromatic rings. The zero-order valence-corrected chi connectivity index (χ0v) is 18.0. The van der Waals surface area contributed by atoms with Crippen LogP contribution in [-0.4, -0.2) is 29.9 Å². The van der Waals surface area contributed by atoms with E-state index in [2.05, 4.69) is 37.4 Å². The van der Waals surface area contributed by atoms with E-state index in [9.17, 15) is 9.59 Å². The molecule has 6 heteroatoms. The highest BCUT2D eigenvalue weighted by atomic mass is 32.1. The molecule has 1 aromatic heterocycles. The lowest BCUT2D eigenvalue weighted by molar-refractivity contribution is 0.103. The molecule has 1 saturated heterocycles. The maximum atomic E-state index is 13.1. The lowest BCUT2D eigenvalue weighted by Gasteiger charge is -2.36. The van der Waals surface area contributed by atoms with Gasteiger partial charge in [-0.05, 0) is 61.5 Å². The molecule has 2 aromatic carbocycles. The maximum Gasteiger partial charge on any atom is 0.324 e. The fraction of sp³-hybridized carbons (Fsp3) is 0.250. The number of hydrogen-bond donors (Lipinski definition) is 1. The zero-order valence-electron chi connectivity index (χ0n) is 17.2. The number of urea groups is 1. The first-order valence-corrected chi connectivity index (χ1v) is 11.0. The van der Waals surface area contributed by atoms with E-state index < -0.39 is 0 Å². The predicted octanol–water partition coefficient (Wildman–Crippen LogP) is 5.45. The highest BCUT2D eigenvalue weighted by Crippen LogP contribution is 2.24. The summed E-state index contributed by atoms with van der Waals surface area (Å²) in [5.41, 5.74) is 5.15. The van der Waals surface area contributed by atoms with E-state index in [4.69, 9.17) is 0 Å². The molecule has 0 bridgehead atoms. The van der Waals surface area contributed by atoms with Gasteiger partial charge in [-0.25, -0.2) is 4.79 Å². The number of nitrogens with one attached hydrogen (secondary N) is 1. The van der Waals surface area contributed by atoms with Crippen LogP contribution in [0, 0.1) is 13.8 Å². The van der Waals surface area contributed by atoms with Crippen molar-refractivity contribution in [3.63, 3.8) is 0 Å². The van der Waals surface area contributed by atoms with Gasteiger partial charge in [0.1, 0.15) is 0 Å². The molecular formula is C24H25N3O2S. The number of carbonyl (C=O) groups is 2. The van der Waals surface area contributed by atoms with E-state index in [1.807, 2.05) is 45.5 Å². The molecule has 2 heterocycles. The Morgan fingerprint density at radius 3 is 2.43 bits per heavy atom. The molecule has 0 unspecified atom stereocenters. The van der Waals surface area contributed by atoms with E-state index in [0.29, 0.717) is 23.7 Å². The second kappa shape index (κ2) is 8.71. The first-order valence-electron chi connectivity index (χ1n) is 10.1. The predicted molar refractivity (Wildman–Crippen MR) is 122 cm³/mol. The van der Waals surface area contributed by atoms with Crippen molar-refractivity contribution < 1.29 is 9.59 Å². The third kappa shape index (κ3) is 4.54. The lowest BCUT2D eigenvalue weighted by atomic mass is 10.1. The zero-order chi connectivity index (χ0) is 21.1. The quantitative estimate of drug-likeness (QED) is 0.598. The molecule has 5 nitrogen and oxygen atoms in total. The summed E-state index contributed by atoms with van der Waals surface area (Å²) in [7, 11) is 0. The lowest BCUT2D eigenvalue weighted by Crippen LogP contribution is -2.49. The number of benzene rings is 2. The number of hydrogen-bond acceptors (Lipinski definition) is 3. The van der Waals surface area contributed by atoms with Crippen molar-refractivity contribution in [3.05, 3.63) is 81.5 Å². The summed E-state index contributed by atoms with van der Waals surface area (Å²) in [6.45, 7) is 6.24. The Bertz CT molecular complexity index is 1020. The van der Waals surface area contributed by atoms with Crippen LogP contribution in [0.5, 0.6) is 0 Å². The van der Waals surface area contributed by atoms with Crippen molar-refractivity contribution in [2.45, 2.75) is 26.8 Å². The van der Waals surface area contributed by atoms with Crippen molar-refractivity contribution in [1.82, 2.24) is 4.90 Å². The molecule has 0 atom stereocenters. The first kappa shape index (κ1) is 20.2. The standard InChI is InChI=1S/C24H25N3O2S/c1-17-13-18(2)15-19(14-17)16-26-10-4-11-27(24(26)29)21-8-6-20(7-9-21)25-23(28)22-5-3-12-30-22/h3,5-9,12-15H,4,10-11,16H2,1-2H3,(H,25,28). The van der Waals surface area contributed by atoms with Crippen LogP contribution in [0.2, 0.25) is 0 Å². The molecule has 0 radical (unpaired) electrons. The minimum absolute atomic E-state index is 0.0239. The summed E-state index contributed by atoms with van der Waals surface area (Å²) in [5.74, 6) is -0.119. The van der Waals surface area contributed by atoms with Crippen LogP contribution >= 0.6 is 11.3 Å². The van der Waals surface area contributed by atoms with Crippen LogP contribution in [0.4, 0.5) is 16.2 Å². The van der Waals surface area contributed by atoms with Gasteiger partial charge >= 0.3 is 6.03 Å². The van der Waals surface area contributed by atoms with Gasteiger partial charge in [0.05, 0.1) is 4.88 Å². The molecular weight excluding hydrogens is 394 g/mol. The van der Waals surface area contributed by atoms with Crippen molar-refractivity contribution in [2.75, 3.05) is 23.3 Å². The van der Waals surface area contributed by atoms with Gasteiger partial charge in [0.2, 0.25) is 0 Å². The summed E-state index contributed by atoms with van der Waals surface area (Å²) >= 11 is 1.41. The van der Waals surface area contributed by atoms with Crippen molar-refractivity contribution in [2.24, 2.45) is 0 Å². The number of amides is 3. The average molecular weight is 420 g/mol. The summed E-state index contributed by atoms with van der Waals surface area (Å²) in [6.07, 6.45) is 0.924. The Kier molecular flexibility index (Phi) is 5.86. The normalized spacial score (nSPS) is 14.1. The molecule has 30 heavy (non-hydrogen) atoms. The minimum atomic E-state index is -0.119. The Labute approximate surface area is 180 Å². The van der Waals surface area contributed by atoms with Crippen LogP contribution in [0.15, 0.2) is 60.0 Å². The molecule has 3 amide bonds. The van der Waals surface area contributed by atoms with E-state index in [-0.39, 0.29) is 11.9 Å². The van der Waals surface area contributed by atoms with Crippen LogP contribution in [0.1, 0.15) is 32.8 Å². The summed E-state index contributed by atoms with van der Waals surface area (Å²) in [5, 5.41) is 4.77. The van der Waals surface area contributed by atoms with Crippen LogP contribution in [-0.2, 0) is 6.54 Å². The highest BCUT2D eigenvalue weighted by molar-refractivity contribution is 7.12. The van der Waals surface area contributed by atoms with Gasteiger partial charge in [0.25, 0.3) is 5.91 Å². The van der Waals surface area contributed by atoms with Crippen LogP contribution in [0.3, 0.4) is 0 Å². The van der Waals surface area contributed by atoms with Gasteiger partial charge in [-0.2, -0.15) is 0 Å². The van der Waals surface area contributed by atoms with Crippen molar-refractivity contribution >= 4 is 34.6 Å². The number of nitrogens with zero attached hydrogens (tertiary/aromatic N) is 2. The number of rotatable bonds is 5. The van der Waals surface area contributed by atoms with Gasteiger partial charge in [-0.3, -0.25) is 9.69 Å². The summed E-state index contributed by atoms with van der Waals surface area (Å²) < 4.78 is 0.